The van der Waals surface area contributed by atoms with Crippen molar-refractivity contribution < 1.29 is 9.84 Å². The Bertz CT molecular complexity index is 384. The number of para-hydroxylation sites is 2. The number of aliphatic hydroxyl groups is 1. The summed E-state index contributed by atoms with van der Waals surface area (Å²) in [6.07, 6.45) is 0. The van der Waals surface area contributed by atoms with Crippen molar-refractivity contribution in [3.05, 3.63) is 24.3 Å². The minimum Gasteiger partial charge on any atom is -0.495 e. The molecule has 0 aliphatic carbocycles. The van der Waals surface area contributed by atoms with Gasteiger partial charge in [-0.15, -0.1) is 0 Å². The highest BCUT2D eigenvalue weighted by atomic mass is 16.5. The Morgan fingerprint density at radius 3 is 2.89 bits per heavy atom. The molecule has 0 amide bonds. The molecule has 0 spiro atoms. The van der Waals surface area contributed by atoms with Gasteiger partial charge in [-0.2, -0.15) is 0 Å². The molecule has 2 N–H and O–H groups in total. The molecule has 4 nitrogen and oxygen atoms in total. The van der Waals surface area contributed by atoms with E-state index < -0.39 is 0 Å². The summed E-state index contributed by atoms with van der Waals surface area (Å²) in [4.78, 5) is 2.25. The van der Waals surface area contributed by atoms with Crippen molar-refractivity contribution in [3.8, 4) is 5.75 Å². The maximum absolute atomic E-state index is 9.58. The quantitative estimate of drug-likeness (QED) is 0.843. The second-order valence-electron chi connectivity index (χ2n) is 4.92. The molecule has 1 fully saturated rings. The standard InChI is InChI=1S/C14H22N2O2/c1-11-7-15-8-12(10-17)16(9-11)13-5-3-4-6-14(13)18-2/h3-6,11-12,15,17H,7-10H2,1-2H3. The molecule has 100 valence electrons. The van der Waals surface area contributed by atoms with Crippen molar-refractivity contribution >= 4 is 5.69 Å². The smallest absolute Gasteiger partial charge is 0.142 e. The lowest BCUT2D eigenvalue weighted by atomic mass is 10.1. The van der Waals surface area contributed by atoms with Gasteiger partial charge in [0.1, 0.15) is 5.75 Å². The van der Waals surface area contributed by atoms with Crippen LogP contribution in [-0.2, 0) is 0 Å². The summed E-state index contributed by atoms with van der Waals surface area (Å²) in [6, 6.07) is 8.10. The monoisotopic (exact) mass is 250 g/mol. The minimum absolute atomic E-state index is 0.103. The molecule has 4 heteroatoms. The maximum atomic E-state index is 9.58. The van der Waals surface area contributed by atoms with E-state index in [1.54, 1.807) is 7.11 Å². The molecule has 1 aromatic carbocycles. The average molecular weight is 250 g/mol. The van der Waals surface area contributed by atoms with E-state index in [2.05, 4.69) is 23.2 Å². The molecule has 2 rings (SSSR count). The number of methoxy groups -OCH3 is 1. The molecule has 0 saturated carbocycles. The van der Waals surface area contributed by atoms with E-state index in [0.717, 1.165) is 31.1 Å². The van der Waals surface area contributed by atoms with E-state index in [9.17, 15) is 5.11 Å². The lowest BCUT2D eigenvalue weighted by Crippen LogP contribution is -2.43. The highest BCUT2D eigenvalue weighted by Gasteiger charge is 2.25. The number of anilines is 1. The topological polar surface area (TPSA) is 44.7 Å². The van der Waals surface area contributed by atoms with Crippen LogP contribution in [0.25, 0.3) is 0 Å². The number of hydrogen-bond acceptors (Lipinski definition) is 4. The number of nitrogens with one attached hydrogen (secondary N) is 1. The fourth-order valence-electron chi connectivity index (χ4n) is 2.48. The normalized spacial score (nSPS) is 24.7. The van der Waals surface area contributed by atoms with E-state index in [1.807, 2.05) is 18.2 Å². The third kappa shape index (κ3) is 2.76. The molecule has 1 saturated heterocycles. The van der Waals surface area contributed by atoms with Crippen LogP contribution < -0.4 is 15.0 Å². The van der Waals surface area contributed by atoms with Gasteiger partial charge in [0.2, 0.25) is 0 Å². The zero-order valence-corrected chi connectivity index (χ0v) is 11.1. The number of ether oxygens (including phenoxy) is 1. The molecule has 0 radical (unpaired) electrons. The van der Waals surface area contributed by atoms with Crippen molar-refractivity contribution in [1.82, 2.24) is 5.32 Å². The number of hydrogen-bond donors (Lipinski definition) is 2. The second-order valence-corrected chi connectivity index (χ2v) is 4.92. The summed E-state index contributed by atoms with van der Waals surface area (Å²) < 4.78 is 5.42. The molecule has 0 aromatic heterocycles. The van der Waals surface area contributed by atoms with E-state index in [0.29, 0.717) is 5.92 Å². The number of rotatable bonds is 3. The lowest BCUT2D eigenvalue weighted by molar-refractivity contribution is 0.259. The molecule has 1 aliphatic heterocycles. The van der Waals surface area contributed by atoms with Crippen LogP contribution in [0.4, 0.5) is 5.69 Å². The Morgan fingerprint density at radius 1 is 1.39 bits per heavy atom. The van der Waals surface area contributed by atoms with Gasteiger partial charge in [0.15, 0.2) is 0 Å². The fourth-order valence-corrected chi connectivity index (χ4v) is 2.48. The Labute approximate surface area is 109 Å². The predicted octanol–water partition coefficient (Wildman–Crippen LogP) is 1.10. The fraction of sp³-hybridized carbons (Fsp3) is 0.571. The van der Waals surface area contributed by atoms with Gasteiger partial charge in [-0.25, -0.2) is 0 Å². The largest absolute Gasteiger partial charge is 0.495 e. The minimum atomic E-state index is 0.103. The first-order chi connectivity index (χ1) is 8.76. The molecular weight excluding hydrogens is 228 g/mol. The van der Waals surface area contributed by atoms with Gasteiger partial charge in [-0.05, 0) is 24.6 Å². The molecule has 2 unspecified atom stereocenters. The van der Waals surface area contributed by atoms with Crippen LogP contribution in [0.1, 0.15) is 6.92 Å². The van der Waals surface area contributed by atoms with Crippen molar-refractivity contribution in [2.24, 2.45) is 5.92 Å². The zero-order chi connectivity index (χ0) is 13.0. The van der Waals surface area contributed by atoms with Crippen LogP contribution in [0.3, 0.4) is 0 Å². The van der Waals surface area contributed by atoms with Gasteiger partial charge < -0.3 is 20.1 Å². The van der Waals surface area contributed by atoms with Gasteiger partial charge in [0, 0.05) is 13.1 Å². The SMILES string of the molecule is COc1ccccc1N1CC(C)CNCC1CO. The van der Waals surface area contributed by atoms with Crippen LogP contribution in [-0.4, -0.2) is 44.5 Å². The van der Waals surface area contributed by atoms with Crippen molar-refractivity contribution in [1.29, 1.82) is 0 Å². The Kier molecular flexibility index (Phi) is 4.44. The van der Waals surface area contributed by atoms with Gasteiger partial charge >= 0.3 is 0 Å². The Hall–Kier alpha value is -1.26. The molecule has 1 aliphatic rings. The van der Waals surface area contributed by atoms with Gasteiger partial charge in [0.25, 0.3) is 0 Å². The molecule has 18 heavy (non-hydrogen) atoms. The molecule has 2 atom stereocenters. The van der Waals surface area contributed by atoms with E-state index >= 15 is 0 Å². The third-order valence-electron chi connectivity index (χ3n) is 3.43. The van der Waals surface area contributed by atoms with Crippen LogP contribution in [0.15, 0.2) is 24.3 Å². The summed E-state index contributed by atoms with van der Waals surface area (Å²) in [5.41, 5.74) is 1.06. The van der Waals surface area contributed by atoms with Crippen molar-refractivity contribution in [2.45, 2.75) is 13.0 Å². The molecule has 1 aromatic rings. The highest BCUT2D eigenvalue weighted by Crippen LogP contribution is 2.30. The Morgan fingerprint density at radius 2 is 2.17 bits per heavy atom. The summed E-state index contributed by atoms with van der Waals surface area (Å²) in [6.45, 7) is 5.09. The van der Waals surface area contributed by atoms with E-state index in [-0.39, 0.29) is 12.6 Å². The number of aliphatic hydroxyl groups excluding tert-OH is 1. The summed E-state index contributed by atoms with van der Waals surface area (Å²) in [5, 5.41) is 13.0. The van der Waals surface area contributed by atoms with Crippen LogP contribution >= 0.6 is 0 Å². The first-order valence-corrected chi connectivity index (χ1v) is 6.47. The molecular formula is C14H22N2O2. The average Bonchev–Trinajstić information content (AvgIpc) is 2.60. The summed E-state index contributed by atoms with van der Waals surface area (Å²) in [5.74, 6) is 1.41. The predicted molar refractivity (Wildman–Crippen MR) is 73.2 cm³/mol. The van der Waals surface area contributed by atoms with Crippen molar-refractivity contribution in [3.63, 3.8) is 0 Å². The maximum Gasteiger partial charge on any atom is 0.142 e. The first kappa shape index (κ1) is 13.2. The summed E-state index contributed by atoms with van der Waals surface area (Å²) in [7, 11) is 1.69. The number of nitrogens with zero attached hydrogens (tertiary/aromatic N) is 1. The van der Waals surface area contributed by atoms with Crippen LogP contribution in [0, 0.1) is 5.92 Å². The van der Waals surface area contributed by atoms with Crippen LogP contribution in [0.5, 0.6) is 5.75 Å². The molecule has 1 heterocycles. The van der Waals surface area contributed by atoms with Gasteiger partial charge in [-0.1, -0.05) is 19.1 Å². The second kappa shape index (κ2) is 6.07. The van der Waals surface area contributed by atoms with E-state index in [4.69, 9.17) is 4.74 Å². The number of benzene rings is 1. The first-order valence-electron chi connectivity index (χ1n) is 6.47. The van der Waals surface area contributed by atoms with Crippen molar-refractivity contribution in [2.75, 3.05) is 38.3 Å². The van der Waals surface area contributed by atoms with Crippen LogP contribution in [0.2, 0.25) is 0 Å². The Balaban J connectivity index is 2.31. The lowest BCUT2D eigenvalue weighted by Gasteiger charge is -2.32. The van der Waals surface area contributed by atoms with Gasteiger partial charge in [0.05, 0.1) is 25.4 Å². The zero-order valence-electron chi connectivity index (χ0n) is 11.1. The van der Waals surface area contributed by atoms with Gasteiger partial charge in [-0.3, -0.25) is 0 Å². The summed E-state index contributed by atoms with van der Waals surface area (Å²) >= 11 is 0. The van der Waals surface area contributed by atoms with E-state index in [1.165, 1.54) is 0 Å². The highest BCUT2D eigenvalue weighted by molar-refractivity contribution is 5.59. The third-order valence-corrected chi connectivity index (χ3v) is 3.43. The molecule has 0 bridgehead atoms.